The van der Waals surface area contributed by atoms with Crippen molar-refractivity contribution in [2.75, 3.05) is 0 Å². The van der Waals surface area contributed by atoms with E-state index >= 15 is 0 Å². The fourth-order valence-corrected chi connectivity index (χ4v) is 2.23. The van der Waals surface area contributed by atoms with E-state index in [-0.39, 0.29) is 11.9 Å². The monoisotopic (exact) mass is 261 g/mol. The molecule has 1 heterocycles. The summed E-state index contributed by atoms with van der Waals surface area (Å²) in [7, 11) is 0. The number of thiazole rings is 1. The lowest BCUT2D eigenvalue weighted by Crippen LogP contribution is -2.18. The lowest BCUT2D eigenvalue weighted by molar-refractivity contribution is 0.542. The van der Waals surface area contributed by atoms with Crippen LogP contribution >= 0.6 is 11.3 Å². The van der Waals surface area contributed by atoms with Gasteiger partial charge in [0, 0.05) is 23.7 Å². The van der Waals surface area contributed by atoms with E-state index in [1.807, 2.05) is 18.4 Å². The fraction of sp³-hybridized carbons (Fsp3) is 0.231. The molecule has 18 heavy (non-hydrogen) atoms. The average molecular weight is 261 g/mol. The maximum Gasteiger partial charge on any atom is 0.129 e. The van der Waals surface area contributed by atoms with Crippen molar-refractivity contribution in [3.05, 3.63) is 51.7 Å². The van der Waals surface area contributed by atoms with Gasteiger partial charge in [-0.25, -0.2) is 9.37 Å². The molecule has 0 aliphatic carbocycles. The number of hydrogen-bond donors (Lipinski definition) is 1. The molecule has 0 amide bonds. The summed E-state index contributed by atoms with van der Waals surface area (Å²) in [5, 5.41) is 14.7. The van der Waals surface area contributed by atoms with Gasteiger partial charge in [0.15, 0.2) is 0 Å². The van der Waals surface area contributed by atoms with Crippen LogP contribution < -0.4 is 5.32 Å². The Balaban J connectivity index is 2.00. The lowest BCUT2D eigenvalue weighted by atomic mass is 10.1. The lowest BCUT2D eigenvalue weighted by Gasteiger charge is -2.11. The Hall–Kier alpha value is -1.77. The van der Waals surface area contributed by atoms with Crippen LogP contribution in [0.15, 0.2) is 29.8 Å². The molecule has 0 bridgehead atoms. The molecule has 0 saturated carbocycles. The number of halogens is 1. The number of nitriles is 1. The van der Waals surface area contributed by atoms with Gasteiger partial charge in [0.1, 0.15) is 10.8 Å². The van der Waals surface area contributed by atoms with Crippen LogP contribution in [0, 0.1) is 17.1 Å². The fourth-order valence-electron chi connectivity index (χ4n) is 1.56. The second kappa shape index (κ2) is 5.71. The smallest absolute Gasteiger partial charge is 0.129 e. The molecular weight excluding hydrogens is 249 g/mol. The van der Waals surface area contributed by atoms with Gasteiger partial charge >= 0.3 is 0 Å². The summed E-state index contributed by atoms with van der Waals surface area (Å²) in [6.45, 7) is 2.40. The largest absolute Gasteiger partial charge is 0.304 e. The molecule has 0 aliphatic rings. The van der Waals surface area contributed by atoms with Crippen molar-refractivity contribution in [1.29, 1.82) is 5.26 Å². The van der Waals surface area contributed by atoms with Crippen molar-refractivity contribution in [3.63, 3.8) is 0 Å². The third kappa shape index (κ3) is 2.92. The molecule has 1 aromatic carbocycles. The Morgan fingerprint density at radius 1 is 1.56 bits per heavy atom. The normalized spacial score (nSPS) is 12.1. The highest BCUT2D eigenvalue weighted by Crippen LogP contribution is 2.16. The summed E-state index contributed by atoms with van der Waals surface area (Å²) in [5.41, 5.74) is 0.890. The molecule has 0 spiro atoms. The quantitative estimate of drug-likeness (QED) is 0.920. The van der Waals surface area contributed by atoms with Crippen molar-refractivity contribution in [2.45, 2.75) is 19.5 Å². The van der Waals surface area contributed by atoms with Crippen LogP contribution in [-0.4, -0.2) is 4.98 Å². The van der Waals surface area contributed by atoms with Crippen molar-refractivity contribution < 1.29 is 4.39 Å². The summed E-state index contributed by atoms with van der Waals surface area (Å²) in [5.74, 6) is -0.354. The second-order valence-corrected chi connectivity index (χ2v) is 4.82. The maximum atomic E-state index is 13.6. The first-order chi connectivity index (χ1) is 8.70. The molecule has 5 heteroatoms. The molecule has 92 valence electrons. The van der Waals surface area contributed by atoms with Crippen LogP contribution in [0.5, 0.6) is 0 Å². The third-order valence-electron chi connectivity index (χ3n) is 2.60. The first kappa shape index (κ1) is 12.7. The molecule has 0 fully saturated rings. The van der Waals surface area contributed by atoms with E-state index in [0.29, 0.717) is 17.7 Å². The van der Waals surface area contributed by atoms with Gasteiger partial charge < -0.3 is 5.32 Å². The summed E-state index contributed by atoms with van der Waals surface area (Å²) in [6.07, 6.45) is 1.75. The number of rotatable bonds is 4. The Labute approximate surface area is 109 Å². The molecule has 0 aliphatic heterocycles. The van der Waals surface area contributed by atoms with E-state index in [1.54, 1.807) is 29.7 Å². The van der Waals surface area contributed by atoms with E-state index in [2.05, 4.69) is 10.3 Å². The van der Waals surface area contributed by atoms with Crippen LogP contribution in [0.4, 0.5) is 4.39 Å². The van der Waals surface area contributed by atoms with Gasteiger partial charge in [-0.05, 0) is 19.1 Å². The standard InChI is InChI=1S/C13H12FN3S/c1-9(13-16-4-5-18-13)17-8-11-3-2-10(7-15)6-12(11)14/h2-6,9,17H,8H2,1H3. The molecular formula is C13H12FN3S. The highest BCUT2D eigenvalue weighted by Gasteiger charge is 2.09. The highest BCUT2D eigenvalue weighted by atomic mass is 32.1. The minimum atomic E-state index is -0.354. The number of hydrogen-bond acceptors (Lipinski definition) is 4. The summed E-state index contributed by atoms with van der Waals surface area (Å²) in [6, 6.07) is 6.51. The molecule has 1 N–H and O–H groups in total. The van der Waals surface area contributed by atoms with Crippen molar-refractivity contribution in [1.82, 2.24) is 10.3 Å². The van der Waals surface area contributed by atoms with Gasteiger partial charge in [-0.15, -0.1) is 11.3 Å². The molecule has 1 aromatic heterocycles. The Morgan fingerprint density at radius 2 is 2.39 bits per heavy atom. The van der Waals surface area contributed by atoms with Gasteiger partial charge in [0.05, 0.1) is 17.7 Å². The zero-order valence-electron chi connectivity index (χ0n) is 9.85. The van der Waals surface area contributed by atoms with Gasteiger partial charge in [-0.1, -0.05) is 6.07 Å². The Morgan fingerprint density at radius 3 is 3.00 bits per heavy atom. The van der Waals surface area contributed by atoms with E-state index in [0.717, 1.165) is 5.01 Å². The summed E-state index contributed by atoms with van der Waals surface area (Å²) < 4.78 is 13.6. The summed E-state index contributed by atoms with van der Waals surface area (Å²) >= 11 is 1.57. The third-order valence-corrected chi connectivity index (χ3v) is 3.56. The van der Waals surface area contributed by atoms with Crippen LogP contribution in [0.1, 0.15) is 29.1 Å². The van der Waals surface area contributed by atoms with E-state index in [1.165, 1.54) is 6.07 Å². The maximum absolute atomic E-state index is 13.6. The minimum absolute atomic E-state index is 0.0834. The van der Waals surface area contributed by atoms with Crippen molar-refractivity contribution >= 4 is 11.3 Å². The molecule has 2 aromatic rings. The topological polar surface area (TPSA) is 48.7 Å². The zero-order chi connectivity index (χ0) is 13.0. The van der Waals surface area contributed by atoms with Crippen molar-refractivity contribution in [2.24, 2.45) is 0 Å². The predicted molar refractivity (Wildman–Crippen MR) is 68.5 cm³/mol. The average Bonchev–Trinajstić information content (AvgIpc) is 2.90. The zero-order valence-corrected chi connectivity index (χ0v) is 10.7. The van der Waals surface area contributed by atoms with E-state index in [4.69, 9.17) is 5.26 Å². The van der Waals surface area contributed by atoms with Gasteiger partial charge in [-0.3, -0.25) is 0 Å². The minimum Gasteiger partial charge on any atom is -0.304 e. The van der Waals surface area contributed by atoms with Gasteiger partial charge in [0.2, 0.25) is 0 Å². The molecule has 1 unspecified atom stereocenters. The molecule has 3 nitrogen and oxygen atoms in total. The van der Waals surface area contributed by atoms with Gasteiger partial charge in [0.25, 0.3) is 0 Å². The number of benzene rings is 1. The van der Waals surface area contributed by atoms with Crippen LogP contribution in [0.3, 0.4) is 0 Å². The number of aromatic nitrogens is 1. The first-order valence-electron chi connectivity index (χ1n) is 5.52. The number of nitrogens with one attached hydrogen (secondary N) is 1. The van der Waals surface area contributed by atoms with Crippen LogP contribution in [0.25, 0.3) is 0 Å². The summed E-state index contributed by atoms with van der Waals surface area (Å²) in [4.78, 5) is 4.20. The Kier molecular flexibility index (Phi) is 4.03. The molecule has 1 atom stereocenters. The molecule has 2 rings (SSSR count). The van der Waals surface area contributed by atoms with Crippen LogP contribution in [0.2, 0.25) is 0 Å². The Bertz CT molecular complexity index is 560. The van der Waals surface area contributed by atoms with E-state index in [9.17, 15) is 4.39 Å². The van der Waals surface area contributed by atoms with Gasteiger partial charge in [-0.2, -0.15) is 5.26 Å². The number of nitrogens with zero attached hydrogens (tertiary/aromatic N) is 2. The predicted octanol–water partition coefficient (Wildman–Crippen LogP) is 3.00. The highest BCUT2D eigenvalue weighted by molar-refractivity contribution is 7.09. The molecule has 0 saturated heterocycles. The van der Waals surface area contributed by atoms with E-state index < -0.39 is 0 Å². The molecule has 0 radical (unpaired) electrons. The van der Waals surface area contributed by atoms with Crippen molar-refractivity contribution in [3.8, 4) is 6.07 Å². The SMILES string of the molecule is CC(NCc1ccc(C#N)cc1F)c1nccs1. The first-order valence-corrected chi connectivity index (χ1v) is 6.40. The second-order valence-electron chi connectivity index (χ2n) is 3.89. The van der Waals surface area contributed by atoms with Crippen LogP contribution in [-0.2, 0) is 6.54 Å².